The number of aromatic nitrogens is 1. The maximum atomic E-state index is 12.2. The van der Waals surface area contributed by atoms with E-state index in [4.69, 9.17) is 4.42 Å². The third-order valence-electron chi connectivity index (χ3n) is 4.19. The van der Waals surface area contributed by atoms with Crippen LogP contribution in [0.2, 0.25) is 0 Å². The molecular weight excluding hydrogens is 242 g/mol. The molecule has 1 amide bonds. The van der Waals surface area contributed by atoms with Crippen LogP contribution in [0.1, 0.15) is 29.8 Å². The zero-order valence-electron chi connectivity index (χ0n) is 10.4. The number of nitrogens with zero attached hydrogens (tertiary/aromatic N) is 1. The van der Waals surface area contributed by atoms with Crippen LogP contribution in [0.5, 0.6) is 0 Å². The number of fused-ring (bicyclic) bond motifs is 3. The van der Waals surface area contributed by atoms with Gasteiger partial charge in [0.25, 0.3) is 5.91 Å². The summed E-state index contributed by atoms with van der Waals surface area (Å²) < 4.78 is 5.30. The summed E-state index contributed by atoms with van der Waals surface area (Å²) in [6, 6.07) is 4.78. The fourth-order valence-corrected chi connectivity index (χ4v) is 3.21. The van der Waals surface area contributed by atoms with Gasteiger partial charge in [0, 0.05) is 35.8 Å². The summed E-state index contributed by atoms with van der Waals surface area (Å²) in [5.74, 6) is -0.113. The van der Waals surface area contributed by atoms with E-state index in [0.717, 1.165) is 18.2 Å². The molecule has 4 heterocycles. The minimum absolute atomic E-state index is 0.113. The van der Waals surface area contributed by atoms with Gasteiger partial charge >= 0.3 is 0 Å². The van der Waals surface area contributed by atoms with Crippen molar-refractivity contribution in [2.45, 2.75) is 37.4 Å². The Balaban J connectivity index is 1.53. The summed E-state index contributed by atoms with van der Waals surface area (Å²) in [6.07, 6.45) is 6.69. The normalized spacial score (nSPS) is 28.9. The Kier molecular flexibility index (Phi) is 2.35. The van der Waals surface area contributed by atoms with E-state index in [1.54, 1.807) is 18.5 Å². The first kappa shape index (κ1) is 11.0. The van der Waals surface area contributed by atoms with Crippen molar-refractivity contribution in [2.24, 2.45) is 0 Å². The Bertz CT molecular complexity index is 636. The number of nitrogens with one attached hydrogen (secondary N) is 2. The minimum atomic E-state index is -0.113. The summed E-state index contributed by atoms with van der Waals surface area (Å²) in [5, 5.41) is 7.50. The lowest BCUT2D eigenvalue weighted by molar-refractivity contribution is 0.0926. The van der Waals surface area contributed by atoms with Gasteiger partial charge in [0.2, 0.25) is 0 Å². The predicted molar refractivity (Wildman–Crippen MR) is 69.8 cm³/mol. The lowest BCUT2D eigenvalue weighted by Crippen LogP contribution is -2.43. The fraction of sp³-hybridized carbons (Fsp3) is 0.429. The summed E-state index contributed by atoms with van der Waals surface area (Å²) in [5.41, 5.74) is 1.12. The average molecular weight is 257 g/mol. The van der Waals surface area contributed by atoms with Crippen molar-refractivity contribution in [3.05, 3.63) is 30.3 Å². The highest BCUT2D eigenvalue weighted by Gasteiger charge is 2.39. The van der Waals surface area contributed by atoms with Crippen molar-refractivity contribution < 1.29 is 9.21 Å². The molecule has 0 spiro atoms. The van der Waals surface area contributed by atoms with Gasteiger partial charge in [0.1, 0.15) is 11.3 Å². The quantitative estimate of drug-likeness (QED) is 0.854. The highest BCUT2D eigenvalue weighted by molar-refractivity contribution is 5.95. The van der Waals surface area contributed by atoms with E-state index < -0.39 is 0 Å². The SMILES string of the molecule is O=C(NC1CC2CCC1N2)c1cc2occc2cn1. The molecule has 0 aromatic carbocycles. The topological polar surface area (TPSA) is 67.2 Å². The third-order valence-corrected chi connectivity index (χ3v) is 4.19. The second-order valence-electron chi connectivity index (χ2n) is 5.39. The smallest absolute Gasteiger partial charge is 0.270 e. The summed E-state index contributed by atoms with van der Waals surface area (Å²) in [6.45, 7) is 0. The number of hydrogen-bond acceptors (Lipinski definition) is 4. The van der Waals surface area contributed by atoms with E-state index in [0.29, 0.717) is 23.4 Å². The van der Waals surface area contributed by atoms with Crippen LogP contribution < -0.4 is 10.6 Å². The van der Waals surface area contributed by atoms with Gasteiger partial charge in [-0.1, -0.05) is 0 Å². The van der Waals surface area contributed by atoms with Crippen molar-refractivity contribution in [1.29, 1.82) is 0 Å². The standard InChI is InChI=1S/C14H15N3O2/c18-14(17-11-5-9-1-2-10(11)16-9)12-6-13-8(7-15-12)3-4-19-13/h3-4,6-7,9-11,16H,1-2,5H2,(H,17,18). The number of amides is 1. The lowest BCUT2D eigenvalue weighted by Gasteiger charge is -2.21. The molecule has 3 unspecified atom stereocenters. The van der Waals surface area contributed by atoms with Crippen molar-refractivity contribution in [1.82, 2.24) is 15.6 Å². The molecule has 5 heteroatoms. The zero-order valence-corrected chi connectivity index (χ0v) is 10.4. The molecule has 2 aromatic rings. The second-order valence-corrected chi connectivity index (χ2v) is 5.39. The molecule has 2 fully saturated rings. The summed E-state index contributed by atoms with van der Waals surface area (Å²) >= 11 is 0. The number of carbonyl (C=O) groups excluding carboxylic acids is 1. The molecule has 19 heavy (non-hydrogen) atoms. The molecule has 2 aliphatic heterocycles. The van der Waals surface area contributed by atoms with Crippen molar-refractivity contribution in [3.8, 4) is 0 Å². The molecule has 0 radical (unpaired) electrons. The first-order valence-corrected chi connectivity index (χ1v) is 6.70. The van der Waals surface area contributed by atoms with Gasteiger partial charge in [-0.05, 0) is 25.3 Å². The van der Waals surface area contributed by atoms with E-state index in [1.807, 2.05) is 6.07 Å². The first-order chi connectivity index (χ1) is 9.29. The van der Waals surface area contributed by atoms with E-state index in [9.17, 15) is 4.79 Å². The maximum absolute atomic E-state index is 12.2. The van der Waals surface area contributed by atoms with Crippen LogP contribution in [-0.2, 0) is 0 Å². The van der Waals surface area contributed by atoms with Crippen LogP contribution >= 0.6 is 0 Å². The highest BCUT2D eigenvalue weighted by atomic mass is 16.3. The lowest BCUT2D eigenvalue weighted by atomic mass is 9.95. The summed E-state index contributed by atoms with van der Waals surface area (Å²) in [4.78, 5) is 16.4. The molecule has 2 aromatic heterocycles. The number of rotatable bonds is 2. The van der Waals surface area contributed by atoms with Gasteiger partial charge < -0.3 is 15.1 Å². The van der Waals surface area contributed by atoms with E-state index in [1.165, 1.54) is 6.42 Å². The zero-order chi connectivity index (χ0) is 12.8. The number of carbonyl (C=O) groups is 1. The van der Waals surface area contributed by atoms with Crippen LogP contribution in [0.3, 0.4) is 0 Å². The Morgan fingerprint density at radius 3 is 3.21 bits per heavy atom. The van der Waals surface area contributed by atoms with E-state index >= 15 is 0 Å². The average Bonchev–Trinajstić information content (AvgIpc) is 3.13. The molecule has 4 rings (SSSR count). The Morgan fingerprint density at radius 1 is 1.47 bits per heavy atom. The minimum Gasteiger partial charge on any atom is -0.464 e. The van der Waals surface area contributed by atoms with E-state index in [2.05, 4.69) is 15.6 Å². The first-order valence-electron chi connectivity index (χ1n) is 6.70. The highest BCUT2D eigenvalue weighted by Crippen LogP contribution is 2.28. The largest absolute Gasteiger partial charge is 0.464 e. The predicted octanol–water partition coefficient (Wildman–Crippen LogP) is 1.45. The van der Waals surface area contributed by atoms with Crippen LogP contribution in [0.25, 0.3) is 11.0 Å². The fourth-order valence-electron chi connectivity index (χ4n) is 3.21. The Labute approximate surface area is 110 Å². The van der Waals surface area contributed by atoms with Crippen molar-refractivity contribution in [3.63, 3.8) is 0 Å². The van der Waals surface area contributed by atoms with E-state index in [-0.39, 0.29) is 11.9 Å². The van der Waals surface area contributed by atoms with Gasteiger partial charge in [-0.3, -0.25) is 9.78 Å². The molecule has 2 N–H and O–H groups in total. The number of hydrogen-bond donors (Lipinski definition) is 2. The molecule has 0 saturated carbocycles. The molecular formula is C14H15N3O2. The summed E-state index contributed by atoms with van der Waals surface area (Å²) in [7, 11) is 0. The second kappa shape index (κ2) is 4.06. The van der Waals surface area contributed by atoms with Gasteiger partial charge in [0.05, 0.1) is 6.26 Å². The molecule has 5 nitrogen and oxygen atoms in total. The third kappa shape index (κ3) is 1.81. The molecule has 3 atom stereocenters. The van der Waals surface area contributed by atoms with Crippen LogP contribution in [0.15, 0.2) is 29.0 Å². The molecule has 2 saturated heterocycles. The van der Waals surface area contributed by atoms with Crippen molar-refractivity contribution >= 4 is 16.9 Å². The van der Waals surface area contributed by atoms with Gasteiger partial charge in [-0.15, -0.1) is 0 Å². The molecule has 98 valence electrons. The van der Waals surface area contributed by atoms with Crippen LogP contribution in [-0.4, -0.2) is 29.0 Å². The Hall–Kier alpha value is -1.88. The molecule has 2 aliphatic rings. The Morgan fingerprint density at radius 2 is 2.42 bits per heavy atom. The van der Waals surface area contributed by atoms with Crippen LogP contribution in [0, 0.1) is 0 Å². The number of furan rings is 1. The maximum Gasteiger partial charge on any atom is 0.270 e. The van der Waals surface area contributed by atoms with Crippen molar-refractivity contribution in [2.75, 3.05) is 0 Å². The molecule has 2 bridgehead atoms. The van der Waals surface area contributed by atoms with Gasteiger partial charge in [-0.2, -0.15) is 0 Å². The monoisotopic (exact) mass is 257 g/mol. The van der Waals surface area contributed by atoms with Gasteiger partial charge in [-0.25, -0.2) is 0 Å². The molecule has 0 aliphatic carbocycles. The van der Waals surface area contributed by atoms with Crippen LogP contribution in [0.4, 0.5) is 0 Å². The number of pyridine rings is 1. The van der Waals surface area contributed by atoms with Gasteiger partial charge in [0.15, 0.2) is 0 Å².